The van der Waals surface area contributed by atoms with E-state index in [2.05, 4.69) is 10.3 Å². The van der Waals surface area contributed by atoms with E-state index in [4.69, 9.17) is 11.6 Å². The van der Waals surface area contributed by atoms with Crippen molar-refractivity contribution in [2.45, 2.75) is 31.0 Å². The number of urea groups is 1. The number of anilines is 2. The standard InChI is InChI=1S/C20H14ClF7N4O2/c1-31(11-3-2-10(22)14(21)15(11)23)17(33)12-7-29-18(34)32(12)13-6-9(20(26,27)28)8-4-5-19(24,25)16(8)30-13/h2-3,6,12H,4-5,7H2,1H3,(H,29,34)/t12-/m0/s1. The molecule has 2 aliphatic rings. The molecule has 34 heavy (non-hydrogen) atoms. The largest absolute Gasteiger partial charge is 0.416 e. The summed E-state index contributed by atoms with van der Waals surface area (Å²) in [6.45, 7) is -0.435. The summed E-state index contributed by atoms with van der Waals surface area (Å²) >= 11 is 5.53. The van der Waals surface area contributed by atoms with Crippen LogP contribution in [0.4, 0.5) is 47.0 Å². The molecule has 2 heterocycles. The molecule has 1 aromatic carbocycles. The molecule has 0 radical (unpaired) electrons. The molecule has 0 bridgehead atoms. The molecule has 1 aliphatic carbocycles. The van der Waals surface area contributed by atoms with Gasteiger partial charge in [0.2, 0.25) is 0 Å². The fourth-order valence-electron chi connectivity index (χ4n) is 3.97. The number of alkyl halides is 5. The van der Waals surface area contributed by atoms with E-state index in [1.165, 1.54) is 0 Å². The normalized spacial score (nSPS) is 19.3. The van der Waals surface area contributed by atoms with Crippen LogP contribution in [0.15, 0.2) is 18.2 Å². The lowest BCUT2D eigenvalue weighted by Crippen LogP contribution is -2.47. The first-order valence-corrected chi connectivity index (χ1v) is 10.1. The van der Waals surface area contributed by atoms with Gasteiger partial charge in [-0.3, -0.25) is 9.69 Å². The smallest absolute Gasteiger partial charge is 0.335 e. The first-order chi connectivity index (χ1) is 15.7. The maximum Gasteiger partial charge on any atom is 0.416 e. The first kappa shape index (κ1) is 24.0. The van der Waals surface area contributed by atoms with Gasteiger partial charge < -0.3 is 10.2 Å². The summed E-state index contributed by atoms with van der Waals surface area (Å²) in [6, 6.07) is -0.506. The summed E-state index contributed by atoms with van der Waals surface area (Å²) in [7, 11) is 1.07. The zero-order valence-corrected chi connectivity index (χ0v) is 17.9. The summed E-state index contributed by atoms with van der Waals surface area (Å²) in [5, 5.41) is 1.34. The molecule has 14 heteroatoms. The highest BCUT2D eigenvalue weighted by Gasteiger charge is 2.49. The van der Waals surface area contributed by atoms with E-state index in [0.29, 0.717) is 15.9 Å². The lowest BCUT2D eigenvalue weighted by molar-refractivity contribution is -0.138. The van der Waals surface area contributed by atoms with Crippen molar-refractivity contribution in [3.8, 4) is 0 Å². The highest BCUT2D eigenvalue weighted by Crippen LogP contribution is 2.47. The third-order valence-electron chi connectivity index (χ3n) is 5.67. The van der Waals surface area contributed by atoms with Gasteiger partial charge in [-0.05, 0) is 30.2 Å². The zero-order chi connectivity index (χ0) is 25.2. The van der Waals surface area contributed by atoms with Gasteiger partial charge in [-0.2, -0.15) is 22.0 Å². The minimum Gasteiger partial charge on any atom is -0.335 e. The van der Waals surface area contributed by atoms with Crippen LogP contribution in [0.1, 0.15) is 23.2 Å². The Kier molecular flexibility index (Phi) is 5.66. The predicted octanol–water partition coefficient (Wildman–Crippen LogP) is 4.63. The molecule has 1 atom stereocenters. The van der Waals surface area contributed by atoms with Crippen LogP contribution in [-0.4, -0.2) is 36.6 Å². The number of likely N-dealkylation sites (N-methyl/N-ethyl adjacent to an activating group) is 1. The van der Waals surface area contributed by atoms with Crippen LogP contribution >= 0.6 is 11.6 Å². The minimum atomic E-state index is -5.03. The van der Waals surface area contributed by atoms with Crippen molar-refractivity contribution in [2.75, 3.05) is 23.4 Å². The molecule has 1 fully saturated rings. The lowest BCUT2D eigenvalue weighted by Gasteiger charge is -2.27. The second-order valence-electron chi connectivity index (χ2n) is 7.72. The summed E-state index contributed by atoms with van der Waals surface area (Å²) < 4.78 is 97.3. The fourth-order valence-corrected chi connectivity index (χ4v) is 4.13. The molecule has 1 saturated heterocycles. The molecule has 2 aromatic rings. The molecule has 3 amide bonds. The Morgan fingerprint density at radius 1 is 1.29 bits per heavy atom. The maximum absolute atomic E-state index is 14.4. The van der Waals surface area contributed by atoms with E-state index < -0.39 is 94.4 Å². The van der Waals surface area contributed by atoms with Gasteiger partial charge in [0.05, 0.1) is 11.3 Å². The molecule has 0 spiro atoms. The van der Waals surface area contributed by atoms with Crippen molar-refractivity contribution in [2.24, 2.45) is 0 Å². The van der Waals surface area contributed by atoms with E-state index in [9.17, 15) is 40.3 Å². The highest BCUT2D eigenvalue weighted by atomic mass is 35.5. The average Bonchev–Trinajstić information content (AvgIpc) is 3.29. The van der Waals surface area contributed by atoms with Crippen molar-refractivity contribution in [3.05, 3.63) is 51.7 Å². The molecule has 4 rings (SSSR count). The Balaban J connectivity index is 1.77. The molecule has 0 unspecified atom stereocenters. The molecule has 1 aromatic heterocycles. The van der Waals surface area contributed by atoms with Crippen LogP contribution in [0.5, 0.6) is 0 Å². The van der Waals surface area contributed by atoms with Crippen LogP contribution in [0, 0.1) is 11.6 Å². The third-order valence-corrected chi connectivity index (χ3v) is 6.01. The average molecular weight is 511 g/mol. The lowest BCUT2D eigenvalue weighted by atomic mass is 10.1. The summed E-state index contributed by atoms with van der Waals surface area (Å²) in [6.07, 6.45) is -6.47. The number of nitrogens with one attached hydrogen (secondary N) is 1. The predicted molar refractivity (Wildman–Crippen MR) is 106 cm³/mol. The molecule has 0 saturated carbocycles. The van der Waals surface area contributed by atoms with E-state index in [1.807, 2.05) is 0 Å². The van der Waals surface area contributed by atoms with Crippen molar-refractivity contribution in [3.63, 3.8) is 0 Å². The van der Waals surface area contributed by atoms with Gasteiger partial charge in [-0.1, -0.05) is 11.6 Å². The van der Waals surface area contributed by atoms with E-state index in [-0.39, 0.29) is 0 Å². The number of amides is 3. The molecular formula is C20H14ClF7N4O2. The van der Waals surface area contributed by atoms with Crippen LogP contribution in [0.2, 0.25) is 5.02 Å². The number of pyridine rings is 1. The number of fused-ring (bicyclic) bond motifs is 1. The summed E-state index contributed by atoms with van der Waals surface area (Å²) in [4.78, 5) is 30.3. The number of carbonyl (C=O) groups is 2. The van der Waals surface area contributed by atoms with Crippen molar-refractivity contribution in [1.82, 2.24) is 10.3 Å². The van der Waals surface area contributed by atoms with Crippen molar-refractivity contribution in [1.29, 1.82) is 0 Å². The van der Waals surface area contributed by atoms with E-state index in [0.717, 1.165) is 19.2 Å². The van der Waals surface area contributed by atoms with Gasteiger partial charge in [0.1, 0.15) is 28.4 Å². The molecule has 1 N–H and O–H groups in total. The van der Waals surface area contributed by atoms with Crippen LogP contribution in [-0.2, 0) is 23.3 Å². The summed E-state index contributed by atoms with van der Waals surface area (Å²) in [5.41, 5.74) is -3.66. The van der Waals surface area contributed by atoms with Gasteiger partial charge in [0.25, 0.3) is 11.8 Å². The van der Waals surface area contributed by atoms with Gasteiger partial charge >= 0.3 is 12.2 Å². The Morgan fingerprint density at radius 3 is 2.62 bits per heavy atom. The topological polar surface area (TPSA) is 65.5 Å². The van der Waals surface area contributed by atoms with E-state index >= 15 is 0 Å². The Hall–Kier alpha value is -3.09. The molecule has 1 aliphatic heterocycles. The number of carbonyl (C=O) groups excluding carboxylic acids is 2. The van der Waals surface area contributed by atoms with Gasteiger partial charge in [0, 0.05) is 20.0 Å². The monoisotopic (exact) mass is 510 g/mol. The first-order valence-electron chi connectivity index (χ1n) is 9.71. The van der Waals surface area contributed by atoms with Crippen LogP contribution in [0.25, 0.3) is 0 Å². The summed E-state index contributed by atoms with van der Waals surface area (Å²) in [5.74, 6) is -7.86. The number of nitrogens with zero attached hydrogens (tertiary/aromatic N) is 3. The zero-order valence-electron chi connectivity index (χ0n) is 17.1. The minimum absolute atomic E-state index is 0.431. The SMILES string of the molecule is CN(C(=O)[C@@H]1CNC(=O)N1c1cc(C(F)(F)F)c2c(n1)C(F)(F)CC2)c1ccc(F)c(Cl)c1F. The number of hydrogen-bond acceptors (Lipinski definition) is 3. The Labute approximate surface area is 192 Å². The molecular weight excluding hydrogens is 497 g/mol. The quantitative estimate of drug-likeness (QED) is 0.484. The second-order valence-corrected chi connectivity index (χ2v) is 8.10. The van der Waals surface area contributed by atoms with Crippen LogP contribution < -0.4 is 15.1 Å². The van der Waals surface area contributed by atoms with Gasteiger partial charge in [-0.25, -0.2) is 18.6 Å². The number of halogens is 8. The Bertz CT molecular complexity index is 1200. The third kappa shape index (κ3) is 3.81. The number of benzene rings is 1. The van der Waals surface area contributed by atoms with Gasteiger partial charge in [-0.15, -0.1) is 0 Å². The van der Waals surface area contributed by atoms with Crippen molar-refractivity contribution >= 4 is 35.0 Å². The number of rotatable bonds is 3. The van der Waals surface area contributed by atoms with Crippen molar-refractivity contribution < 1.29 is 40.3 Å². The van der Waals surface area contributed by atoms with Crippen LogP contribution in [0.3, 0.4) is 0 Å². The fraction of sp³-hybridized carbons (Fsp3) is 0.350. The number of hydrogen-bond donors (Lipinski definition) is 1. The Morgan fingerprint density at radius 2 is 1.97 bits per heavy atom. The van der Waals surface area contributed by atoms with Gasteiger partial charge in [0.15, 0.2) is 5.82 Å². The van der Waals surface area contributed by atoms with E-state index in [1.54, 1.807) is 0 Å². The molecule has 182 valence electrons. The highest BCUT2D eigenvalue weighted by molar-refractivity contribution is 6.31. The number of aromatic nitrogens is 1. The molecule has 6 nitrogen and oxygen atoms in total. The second kappa shape index (κ2) is 8.00. The maximum atomic E-state index is 14.4.